The van der Waals surface area contributed by atoms with Gasteiger partial charge in [-0.15, -0.1) is 0 Å². The van der Waals surface area contributed by atoms with Gasteiger partial charge < -0.3 is 9.32 Å². The molecule has 8 aromatic carbocycles. The number of anilines is 3. The van der Waals surface area contributed by atoms with Crippen LogP contribution in [0.5, 0.6) is 0 Å². The van der Waals surface area contributed by atoms with E-state index in [1.165, 1.54) is 44.5 Å². The predicted octanol–water partition coefficient (Wildman–Crippen LogP) is 13.1. The van der Waals surface area contributed by atoms with Gasteiger partial charge in [-0.2, -0.15) is 0 Å². The molecule has 0 aliphatic heterocycles. The number of fused-ring (bicyclic) bond motifs is 6. The molecule has 0 bridgehead atoms. The average Bonchev–Trinajstić information content (AvgIpc) is 3.73. The number of hydrogen-bond acceptors (Lipinski definition) is 2. The topological polar surface area (TPSA) is 16.4 Å². The molecule has 9 aromatic rings. The number of nitrogens with zero attached hydrogens (tertiary/aromatic N) is 1. The van der Waals surface area contributed by atoms with E-state index in [0.717, 1.165) is 39.0 Å². The largest absolute Gasteiger partial charge is 0.456 e. The molecule has 0 fully saturated rings. The second-order valence-corrected chi connectivity index (χ2v) is 13.3. The van der Waals surface area contributed by atoms with Gasteiger partial charge in [-0.1, -0.05) is 146 Å². The van der Waals surface area contributed by atoms with Crippen LogP contribution in [0.2, 0.25) is 0 Å². The number of furan rings is 1. The summed E-state index contributed by atoms with van der Waals surface area (Å²) in [5, 5.41) is 2.26. The minimum absolute atomic E-state index is 0.560. The van der Waals surface area contributed by atoms with Crippen molar-refractivity contribution in [3.8, 4) is 22.3 Å². The fourth-order valence-electron chi connectivity index (χ4n) is 8.32. The van der Waals surface area contributed by atoms with Crippen LogP contribution in [-0.4, -0.2) is 0 Å². The van der Waals surface area contributed by atoms with E-state index in [1.807, 2.05) is 6.07 Å². The van der Waals surface area contributed by atoms with Crippen LogP contribution in [0, 0.1) is 0 Å². The van der Waals surface area contributed by atoms with E-state index >= 15 is 0 Å². The monoisotopic (exact) mass is 651 g/mol. The second kappa shape index (κ2) is 11.8. The van der Waals surface area contributed by atoms with Gasteiger partial charge in [0.1, 0.15) is 11.2 Å². The Kier molecular flexibility index (Phi) is 6.75. The summed E-state index contributed by atoms with van der Waals surface area (Å²) in [7, 11) is 0. The van der Waals surface area contributed by atoms with Gasteiger partial charge in [0.15, 0.2) is 0 Å². The van der Waals surface area contributed by atoms with E-state index in [0.29, 0.717) is 0 Å². The molecule has 1 aromatic heterocycles. The Morgan fingerprint density at radius 2 is 0.902 bits per heavy atom. The Balaban J connectivity index is 1.22. The van der Waals surface area contributed by atoms with Crippen molar-refractivity contribution in [2.24, 2.45) is 0 Å². The van der Waals surface area contributed by atoms with Crippen LogP contribution < -0.4 is 4.90 Å². The van der Waals surface area contributed by atoms with E-state index in [9.17, 15) is 0 Å². The second-order valence-electron chi connectivity index (χ2n) is 13.3. The van der Waals surface area contributed by atoms with Crippen molar-refractivity contribution in [3.05, 3.63) is 222 Å². The number of para-hydroxylation sites is 2. The van der Waals surface area contributed by atoms with Gasteiger partial charge in [0.25, 0.3) is 0 Å². The highest BCUT2D eigenvalue weighted by molar-refractivity contribution is 6.05. The van der Waals surface area contributed by atoms with E-state index in [-0.39, 0.29) is 0 Å². The summed E-state index contributed by atoms with van der Waals surface area (Å²) in [6, 6.07) is 72.3. The van der Waals surface area contributed by atoms with Crippen molar-refractivity contribution in [2.45, 2.75) is 5.41 Å². The lowest BCUT2D eigenvalue weighted by molar-refractivity contribution is 0.668. The molecule has 0 saturated heterocycles. The van der Waals surface area contributed by atoms with Crippen molar-refractivity contribution in [2.75, 3.05) is 4.90 Å². The molecule has 0 radical (unpaired) electrons. The molecule has 1 aliphatic carbocycles. The SMILES string of the molecule is c1ccc(-c2ccc(N(c3ccccc3)c3cccc(C4(c5ccc6oc7ccccc7c6c5)c5ccccc5-c5ccccc54)c3)cc2)cc1. The molecule has 2 heteroatoms. The maximum Gasteiger partial charge on any atom is 0.135 e. The zero-order valence-corrected chi connectivity index (χ0v) is 27.9. The molecular formula is C49H33NO. The van der Waals surface area contributed by atoms with Gasteiger partial charge >= 0.3 is 0 Å². The van der Waals surface area contributed by atoms with Crippen LogP contribution in [0.25, 0.3) is 44.2 Å². The van der Waals surface area contributed by atoms with E-state index < -0.39 is 5.41 Å². The molecule has 2 nitrogen and oxygen atoms in total. The van der Waals surface area contributed by atoms with Crippen molar-refractivity contribution in [1.29, 1.82) is 0 Å². The molecule has 0 unspecified atom stereocenters. The summed E-state index contributed by atoms with van der Waals surface area (Å²) in [6.07, 6.45) is 0. The molecule has 0 spiro atoms. The fraction of sp³-hybridized carbons (Fsp3) is 0.0204. The van der Waals surface area contributed by atoms with Crippen molar-refractivity contribution >= 4 is 39.0 Å². The third kappa shape index (κ3) is 4.57. The van der Waals surface area contributed by atoms with Gasteiger partial charge in [-0.25, -0.2) is 0 Å². The third-order valence-electron chi connectivity index (χ3n) is 10.5. The zero-order chi connectivity index (χ0) is 33.8. The summed E-state index contributed by atoms with van der Waals surface area (Å²) in [6.45, 7) is 0. The molecule has 1 aliphatic rings. The third-order valence-corrected chi connectivity index (χ3v) is 10.5. The lowest BCUT2D eigenvalue weighted by Crippen LogP contribution is -2.29. The summed E-state index contributed by atoms with van der Waals surface area (Å²) >= 11 is 0. The number of benzene rings is 8. The maximum absolute atomic E-state index is 6.33. The summed E-state index contributed by atoms with van der Waals surface area (Å²) < 4.78 is 6.33. The number of rotatable bonds is 6. The Morgan fingerprint density at radius 1 is 0.353 bits per heavy atom. The summed E-state index contributed by atoms with van der Waals surface area (Å²) in [5.74, 6) is 0. The maximum atomic E-state index is 6.33. The van der Waals surface area contributed by atoms with E-state index in [1.54, 1.807) is 0 Å². The van der Waals surface area contributed by atoms with Crippen LogP contribution in [0.3, 0.4) is 0 Å². The van der Waals surface area contributed by atoms with Gasteiger partial charge in [-0.05, 0) is 99.1 Å². The molecule has 0 atom stereocenters. The Labute approximate surface area is 297 Å². The highest BCUT2D eigenvalue weighted by Crippen LogP contribution is 2.57. The van der Waals surface area contributed by atoms with Gasteiger partial charge in [0, 0.05) is 27.8 Å². The molecule has 0 N–H and O–H groups in total. The fourth-order valence-corrected chi connectivity index (χ4v) is 8.32. The normalized spacial score (nSPS) is 12.9. The van der Waals surface area contributed by atoms with Crippen molar-refractivity contribution in [1.82, 2.24) is 0 Å². The lowest BCUT2D eigenvalue weighted by atomic mass is 9.67. The van der Waals surface area contributed by atoms with Crippen LogP contribution in [0.15, 0.2) is 205 Å². The number of hydrogen-bond donors (Lipinski definition) is 0. The summed E-state index contributed by atoms with van der Waals surface area (Å²) in [4.78, 5) is 2.37. The molecule has 1 heterocycles. The van der Waals surface area contributed by atoms with Gasteiger partial charge in [0.2, 0.25) is 0 Å². The first-order valence-corrected chi connectivity index (χ1v) is 17.5. The Hall–Kier alpha value is -6.64. The van der Waals surface area contributed by atoms with Crippen LogP contribution in [-0.2, 0) is 5.41 Å². The molecule has 240 valence electrons. The minimum atomic E-state index is -0.560. The first kappa shape index (κ1) is 29.3. The Bertz CT molecular complexity index is 2640. The zero-order valence-electron chi connectivity index (χ0n) is 27.9. The minimum Gasteiger partial charge on any atom is -0.456 e. The molecule has 10 rings (SSSR count). The molecule has 0 saturated carbocycles. The van der Waals surface area contributed by atoms with Crippen LogP contribution in [0.1, 0.15) is 22.3 Å². The molecule has 51 heavy (non-hydrogen) atoms. The molecule has 0 amide bonds. The van der Waals surface area contributed by atoms with Crippen LogP contribution in [0.4, 0.5) is 17.1 Å². The van der Waals surface area contributed by atoms with Gasteiger partial charge in [0.05, 0.1) is 5.41 Å². The average molecular weight is 652 g/mol. The van der Waals surface area contributed by atoms with E-state index in [4.69, 9.17) is 4.42 Å². The predicted molar refractivity (Wildman–Crippen MR) is 211 cm³/mol. The smallest absolute Gasteiger partial charge is 0.135 e. The van der Waals surface area contributed by atoms with E-state index in [2.05, 4.69) is 199 Å². The van der Waals surface area contributed by atoms with Gasteiger partial charge in [-0.3, -0.25) is 0 Å². The Morgan fingerprint density at radius 3 is 1.65 bits per heavy atom. The molecular weight excluding hydrogens is 619 g/mol. The van der Waals surface area contributed by atoms with Crippen LogP contribution >= 0.6 is 0 Å². The van der Waals surface area contributed by atoms with Crippen molar-refractivity contribution in [3.63, 3.8) is 0 Å². The quantitative estimate of drug-likeness (QED) is 0.178. The first-order valence-electron chi connectivity index (χ1n) is 17.5. The lowest BCUT2D eigenvalue weighted by Gasteiger charge is -2.35. The highest BCUT2D eigenvalue weighted by atomic mass is 16.3. The summed E-state index contributed by atoms with van der Waals surface area (Å²) in [5.41, 5.74) is 14.5. The standard InChI is InChI=1S/C49H33NO/c1-3-14-34(15-4-1)35-26-29-39(30-27-35)50(38-17-5-2-6-18-38)40-19-13-16-36(32-40)49(45-23-10-7-20-41(45)42-21-8-11-24-46(42)49)37-28-31-48-44(33-37)43-22-9-12-25-47(43)51-48/h1-33H. The van der Waals surface area contributed by atoms with Crippen molar-refractivity contribution < 1.29 is 4.42 Å². The highest BCUT2D eigenvalue weighted by Gasteiger charge is 2.46. The first-order chi connectivity index (χ1) is 25.3.